The van der Waals surface area contributed by atoms with Crippen molar-refractivity contribution < 1.29 is 19.7 Å². The summed E-state index contributed by atoms with van der Waals surface area (Å²) in [5.74, 6) is -0.451. The Morgan fingerprint density at radius 1 is 1.70 bits per heavy atom. The summed E-state index contributed by atoms with van der Waals surface area (Å²) >= 11 is 2.87. The topological polar surface area (TPSA) is 66.8 Å². The standard InChI is InChI=1S/C5H9BrO4/c6-1-5(9)10-3-4(8)2-7/h4,7-8H,1-3H2/t4-/m0/s1. The molecule has 0 unspecified atom stereocenters. The van der Waals surface area contributed by atoms with Crippen LogP contribution in [-0.4, -0.2) is 40.8 Å². The number of rotatable bonds is 4. The zero-order valence-electron chi connectivity index (χ0n) is 5.29. The van der Waals surface area contributed by atoms with Crippen LogP contribution in [0.4, 0.5) is 0 Å². The predicted octanol–water partition coefficient (Wildman–Crippen LogP) is -0.722. The van der Waals surface area contributed by atoms with Gasteiger partial charge in [0.1, 0.15) is 18.0 Å². The van der Waals surface area contributed by atoms with Crippen molar-refractivity contribution in [2.24, 2.45) is 0 Å². The van der Waals surface area contributed by atoms with Crippen molar-refractivity contribution in [2.45, 2.75) is 6.10 Å². The summed E-state index contributed by atoms with van der Waals surface area (Å²) in [6.45, 7) is -0.545. The smallest absolute Gasteiger partial charge is 0.316 e. The van der Waals surface area contributed by atoms with E-state index in [1.165, 1.54) is 0 Å². The van der Waals surface area contributed by atoms with Crippen LogP contribution in [0.1, 0.15) is 0 Å². The quantitative estimate of drug-likeness (QED) is 0.477. The van der Waals surface area contributed by atoms with Gasteiger partial charge in [-0.15, -0.1) is 0 Å². The highest BCUT2D eigenvalue weighted by Crippen LogP contribution is 1.88. The highest BCUT2D eigenvalue weighted by atomic mass is 79.9. The lowest BCUT2D eigenvalue weighted by Crippen LogP contribution is -2.22. The minimum atomic E-state index is -0.969. The third-order valence-electron chi connectivity index (χ3n) is 0.757. The lowest BCUT2D eigenvalue weighted by molar-refractivity contribution is -0.143. The number of aliphatic hydroxyl groups is 2. The summed E-state index contributed by atoms with van der Waals surface area (Å²) in [4.78, 5) is 10.4. The third-order valence-corrected chi connectivity index (χ3v) is 1.21. The molecule has 0 amide bonds. The van der Waals surface area contributed by atoms with Gasteiger partial charge in [-0.1, -0.05) is 15.9 Å². The second kappa shape index (κ2) is 5.64. The molecule has 0 rings (SSSR count). The van der Waals surface area contributed by atoms with Gasteiger partial charge in [0.15, 0.2) is 0 Å². The molecular formula is C5H9BrO4. The molecule has 0 aromatic rings. The Morgan fingerprint density at radius 2 is 2.30 bits per heavy atom. The number of hydrogen-bond acceptors (Lipinski definition) is 4. The zero-order chi connectivity index (χ0) is 7.98. The Hall–Kier alpha value is -0.130. The fraction of sp³-hybridized carbons (Fsp3) is 0.800. The number of carbonyl (C=O) groups is 1. The predicted molar refractivity (Wildman–Crippen MR) is 37.8 cm³/mol. The molecule has 60 valence electrons. The molecule has 0 spiro atoms. The number of esters is 1. The van der Waals surface area contributed by atoms with Crippen LogP contribution < -0.4 is 0 Å². The second-order valence-corrected chi connectivity index (χ2v) is 2.21. The van der Waals surface area contributed by atoms with Crippen LogP contribution in [-0.2, 0) is 9.53 Å². The largest absolute Gasteiger partial charge is 0.462 e. The van der Waals surface area contributed by atoms with E-state index < -0.39 is 18.7 Å². The van der Waals surface area contributed by atoms with Crippen molar-refractivity contribution in [2.75, 3.05) is 18.5 Å². The monoisotopic (exact) mass is 212 g/mol. The maximum absolute atomic E-state index is 10.4. The summed E-state index contributed by atoms with van der Waals surface area (Å²) < 4.78 is 4.45. The molecule has 0 aromatic carbocycles. The van der Waals surface area contributed by atoms with Crippen molar-refractivity contribution in [1.29, 1.82) is 0 Å². The molecule has 2 N–H and O–H groups in total. The number of hydrogen-bond donors (Lipinski definition) is 2. The first-order valence-electron chi connectivity index (χ1n) is 2.71. The molecule has 0 aliphatic rings. The molecule has 0 bridgehead atoms. The van der Waals surface area contributed by atoms with Crippen molar-refractivity contribution in [3.05, 3.63) is 0 Å². The molecule has 0 heterocycles. The molecule has 10 heavy (non-hydrogen) atoms. The zero-order valence-corrected chi connectivity index (χ0v) is 6.87. The summed E-state index contributed by atoms with van der Waals surface area (Å²) in [7, 11) is 0. The van der Waals surface area contributed by atoms with Gasteiger partial charge < -0.3 is 14.9 Å². The van der Waals surface area contributed by atoms with Gasteiger partial charge in [-0.3, -0.25) is 4.79 Å². The lowest BCUT2D eigenvalue weighted by atomic mass is 10.4. The Morgan fingerprint density at radius 3 is 2.70 bits per heavy atom. The van der Waals surface area contributed by atoms with Gasteiger partial charge in [-0.25, -0.2) is 0 Å². The Kier molecular flexibility index (Phi) is 5.57. The van der Waals surface area contributed by atoms with E-state index in [0.717, 1.165) is 0 Å². The van der Waals surface area contributed by atoms with E-state index in [9.17, 15) is 4.79 Å². The van der Waals surface area contributed by atoms with E-state index in [-0.39, 0.29) is 11.9 Å². The summed E-state index contributed by atoms with van der Waals surface area (Å²) in [5, 5.41) is 17.0. The van der Waals surface area contributed by atoms with Gasteiger partial charge in [0.05, 0.1) is 6.61 Å². The Labute approximate surface area is 66.9 Å². The highest BCUT2D eigenvalue weighted by Gasteiger charge is 2.05. The molecule has 0 radical (unpaired) electrons. The van der Waals surface area contributed by atoms with Crippen LogP contribution in [0, 0.1) is 0 Å². The normalized spacial score (nSPS) is 12.7. The Balaban J connectivity index is 3.26. The molecule has 0 fully saturated rings. The van der Waals surface area contributed by atoms with Crippen LogP contribution in [0.25, 0.3) is 0 Å². The fourth-order valence-electron chi connectivity index (χ4n) is 0.280. The minimum Gasteiger partial charge on any atom is -0.462 e. The molecule has 0 saturated carbocycles. The third kappa shape index (κ3) is 4.72. The number of ether oxygens (including phenoxy) is 1. The van der Waals surface area contributed by atoms with Gasteiger partial charge in [0.2, 0.25) is 0 Å². The summed E-state index contributed by atoms with van der Waals surface area (Å²) in [6.07, 6.45) is -0.969. The van der Waals surface area contributed by atoms with Crippen LogP contribution in [0.5, 0.6) is 0 Å². The van der Waals surface area contributed by atoms with E-state index in [4.69, 9.17) is 10.2 Å². The van der Waals surface area contributed by atoms with Gasteiger partial charge in [0.25, 0.3) is 0 Å². The van der Waals surface area contributed by atoms with Crippen LogP contribution in [0.15, 0.2) is 0 Å². The molecule has 0 saturated heterocycles. The first kappa shape index (κ1) is 9.87. The summed E-state index contributed by atoms with van der Waals surface area (Å²) in [6, 6.07) is 0. The van der Waals surface area contributed by atoms with Gasteiger partial charge in [-0.05, 0) is 0 Å². The number of halogens is 1. The highest BCUT2D eigenvalue weighted by molar-refractivity contribution is 9.09. The van der Waals surface area contributed by atoms with Crippen LogP contribution in [0.3, 0.4) is 0 Å². The molecule has 4 nitrogen and oxygen atoms in total. The average molecular weight is 213 g/mol. The fourth-order valence-corrected chi connectivity index (χ4v) is 0.442. The van der Waals surface area contributed by atoms with E-state index in [0.29, 0.717) is 0 Å². The van der Waals surface area contributed by atoms with Gasteiger partial charge >= 0.3 is 5.97 Å². The van der Waals surface area contributed by atoms with Crippen molar-refractivity contribution in [3.8, 4) is 0 Å². The SMILES string of the molecule is O=C(CBr)OC[C@@H](O)CO. The first-order chi connectivity index (χ1) is 4.70. The second-order valence-electron chi connectivity index (χ2n) is 1.65. The van der Waals surface area contributed by atoms with E-state index in [2.05, 4.69) is 20.7 Å². The van der Waals surface area contributed by atoms with Crippen LogP contribution >= 0.6 is 15.9 Å². The van der Waals surface area contributed by atoms with E-state index >= 15 is 0 Å². The Bertz CT molecular complexity index is 106. The minimum absolute atomic E-state index is 0.102. The molecule has 0 aliphatic heterocycles. The number of alkyl halides is 1. The summed E-state index contributed by atoms with van der Waals surface area (Å²) in [5.41, 5.74) is 0. The van der Waals surface area contributed by atoms with Gasteiger partial charge in [0, 0.05) is 0 Å². The number of aliphatic hydroxyl groups excluding tert-OH is 2. The lowest BCUT2D eigenvalue weighted by Gasteiger charge is -2.06. The molecular weight excluding hydrogens is 204 g/mol. The molecule has 0 aliphatic carbocycles. The molecule has 0 aromatic heterocycles. The van der Waals surface area contributed by atoms with E-state index in [1.54, 1.807) is 0 Å². The van der Waals surface area contributed by atoms with Crippen molar-refractivity contribution >= 4 is 21.9 Å². The molecule has 1 atom stereocenters. The average Bonchev–Trinajstić information content (AvgIpc) is 1.99. The molecule has 5 heteroatoms. The number of carbonyl (C=O) groups excluding carboxylic acids is 1. The van der Waals surface area contributed by atoms with Crippen LogP contribution in [0.2, 0.25) is 0 Å². The van der Waals surface area contributed by atoms with Gasteiger partial charge in [-0.2, -0.15) is 0 Å². The van der Waals surface area contributed by atoms with Crippen molar-refractivity contribution in [3.63, 3.8) is 0 Å². The maximum Gasteiger partial charge on any atom is 0.316 e. The maximum atomic E-state index is 10.4. The van der Waals surface area contributed by atoms with E-state index in [1.807, 2.05) is 0 Å². The van der Waals surface area contributed by atoms with Crippen molar-refractivity contribution in [1.82, 2.24) is 0 Å². The first-order valence-corrected chi connectivity index (χ1v) is 3.83.